The topological polar surface area (TPSA) is 77.9 Å². The minimum Gasteiger partial charge on any atom is -0.495 e. The number of hydrogen-bond donors (Lipinski definition) is 1. The van der Waals surface area contributed by atoms with E-state index in [9.17, 15) is 9.90 Å². The van der Waals surface area contributed by atoms with E-state index in [-0.39, 0.29) is 12.2 Å². The van der Waals surface area contributed by atoms with Gasteiger partial charge in [0, 0.05) is 17.0 Å². The predicted octanol–water partition coefficient (Wildman–Crippen LogP) is 5.10. The summed E-state index contributed by atoms with van der Waals surface area (Å²) in [5.41, 5.74) is 2.51. The van der Waals surface area contributed by atoms with Gasteiger partial charge in [0.1, 0.15) is 36.0 Å². The Kier molecular flexibility index (Phi) is 5.98. The van der Waals surface area contributed by atoms with Crippen molar-refractivity contribution in [3.8, 4) is 17.2 Å². The average Bonchev–Trinajstić information content (AvgIpc) is 2.81. The summed E-state index contributed by atoms with van der Waals surface area (Å²) in [5.74, 6) is 0.506. The molecule has 0 aliphatic heterocycles. The van der Waals surface area contributed by atoms with E-state index in [0.29, 0.717) is 29.4 Å². The molecule has 0 saturated heterocycles. The van der Waals surface area contributed by atoms with Crippen molar-refractivity contribution in [2.75, 3.05) is 7.11 Å². The molecule has 1 aromatic heterocycles. The summed E-state index contributed by atoms with van der Waals surface area (Å²) in [5, 5.41) is 10.4. The molecule has 4 aromatic rings. The third-order valence-electron chi connectivity index (χ3n) is 4.77. The van der Waals surface area contributed by atoms with Crippen LogP contribution in [0.4, 0.5) is 0 Å². The van der Waals surface area contributed by atoms with Crippen LogP contribution in [0.15, 0.2) is 78.9 Å². The number of carboxylic acids is 1. The largest absolute Gasteiger partial charge is 0.495 e. The summed E-state index contributed by atoms with van der Waals surface area (Å²) >= 11 is 0. The molecule has 0 atom stereocenters. The number of aromatic carboxylic acids is 1. The van der Waals surface area contributed by atoms with Crippen molar-refractivity contribution in [2.45, 2.75) is 13.2 Å². The van der Waals surface area contributed by atoms with E-state index in [4.69, 9.17) is 14.2 Å². The van der Waals surface area contributed by atoms with E-state index < -0.39 is 5.97 Å². The van der Waals surface area contributed by atoms with Crippen LogP contribution < -0.4 is 14.2 Å². The number of benzene rings is 3. The van der Waals surface area contributed by atoms with Crippen LogP contribution in [0, 0.1) is 0 Å². The second kappa shape index (κ2) is 9.17. The Labute approximate surface area is 179 Å². The van der Waals surface area contributed by atoms with Crippen LogP contribution >= 0.6 is 0 Å². The van der Waals surface area contributed by atoms with Crippen LogP contribution in [-0.4, -0.2) is 23.2 Å². The molecule has 156 valence electrons. The Morgan fingerprint density at radius 1 is 0.871 bits per heavy atom. The zero-order valence-electron chi connectivity index (χ0n) is 16.9. The first-order chi connectivity index (χ1) is 15.1. The van der Waals surface area contributed by atoms with Gasteiger partial charge in [-0.3, -0.25) is 0 Å². The number of pyridine rings is 1. The van der Waals surface area contributed by atoms with Crippen molar-refractivity contribution < 1.29 is 24.1 Å². The highest BCUT2D eigenvalue weighted by atomic mass is 16.5. The molecule has 0 aliphatic rings. The van der Waals surface area contributed by atoms with Crippen molar-refractivity contribution >= 4 is 16.9 Å². The Bertz CT molecular complexity index is 1220. The third-order valence-corrected chi connectivity index (χ3v) is 4.77. The van der Waals surface area contributed by atoms with Gasteiger partial charge in [0.15, 0.2) is 0 Å². The van der Waals surface area contributed by atoms with Crippen LogP contribution in [0.1, 0.15) is 21.6 Å². The van der Waals surface area contributed by atoms with Crippen LogP contribution in [0.2, 0.25) is 0 Å². The molecule has 0 saturated carbocycles. The minimum atomic E-state index is -1.05. The molecule has 6 nitrogen and oxygen atoms in total. The molecule has 0 unspecified atom stereocenters. The van der Waals surface area contributed by atoms with Gasteiger partial charge in [-0.1, -0.05) is 42.5 Å². The number of aromatic nitrogens is 1. The van der Waals surface area contributed by atoms with Crippen LogP contribution in [0.5, 0.6) is 17.2 Å². The van der Waals surface area contributed by atoms with Gasteiger partial charge in [0.25, 0.3) is 0 Å². The van der Waals surface area contributed by atoms with E-state index in [2.05, 4.69) is 4.98 Å². The lowest BCUT2D eigenvalue weighted by atomic mass is 10.1. The molecule has 0 amide bonds. The molecule has 6 heteroatoms. The predicted molar refractivity (Wildman–Crippen MR) is 117 cm³/mol. The zero-order valence-corrected chi connectivity index (χ0v) is 16.9. The number of rotatable bonds is 8. The van der Waals surface area contributed by atoms with E-state index in [1.807, 2.05) is 54.6 Å². The van der Waals surface area contributed by atoms with Gasteiger partial charge in [0.2, 0.25) is 0 Å². The Morgan fingerprint density at radius 3 is 2.39 bits per heavy atom. The minimum absolute atomic E-state index is 0.101. The second-order valence-electron chi connectivity index (χ2n) is 6.85. The molecular formula is C25H21NO5. The van der Waals surface area contributed by atoms with Gasteiger partial charge in [-0.05, 0) is 30.3 Å². The molecule has 0 radical (unpaired) electrons. The first-order valence-electron chi connectivity index (χ1n) is 9.73. The first kappa shape index (κ1) is 20.2. The van der Waals surface area contributed by atoms with Gasteiger partial charge < -0.3 is 19.3 Å². The summed E-state index contributed by atoms with van der Waals surface area (Å²) < 4.78 is 17.0. The zero-order chi connectivity index (χ0) is 21.6. The first-order valence-corrected chi connectivity index (χ1v) is 9.73. The molecule has 1 N–H and O–H groups in total. The SMILES string of the molecule is COc1c(COc2cccc(OCc3ccc4ccccc4n3)c2)cccc1C(=O)O. The summed E-state index contributed by atoms with van der Waals surface area (Å²) in [6.45, 7) is 0.503. The quantitative estimate of drug-likeness (QED) is 0.431. The van der Waals surface area contributed by atoms with Crippen LogP contribution in [0.3, 0.4) is 0 Å². The number of hydrogen-bond acceptors (Lipinski definition) is 5. The van der Waals surface area contributed by atoms with Crippen molar-refractivity contribution in [3.05, 3.63) is 95.7 Å². The molecule has 0 fully saturated rings. The van der Waals surface area contributed by atoms with E-state index in [1.54, 1.807) is 18.2 Å². The number of para-hydroxylation sites is 2. The fourth-order valence-corrected chi connectivity index (χ4v) is 3.27. The number of carbonyl (C=O) groups is 1. The lowest BCUT2D eigenvalue weighted by molar-refractivity contribution is 0.0693. The van der Waals surface area contributed by atoms with E-state index in [1.165, 1.54) is 13.2 Å². The molecule has 1 heterocycles. The normalized spacial score (nSPS) is 10.6. The fourth-order valence-electron chi connectivity index (χ4n) is 3.27. The molecule has 0 spiro atoms. The molecular weight excluding hydrogens is 394 g/mol. The summed E-state index contributed by atoms with van der Waals surface area (Å²) in [7, 11) is 1.45. The lowest BCUT2D eigenvalue weighted by Gasteiger charge is -2.13. The van der Waals surface area contributed by atoms with Crippen LogP contribution in [0.25, 0.3) is 10.9 Å². The van der Waals surface area contributed by atoms with Crippen molar-refractivity contribution in [1.29, 1.82) is 0 Å². The monoisotopic (exact) mass is 415 g/mol. The maximum Gasteiger partial charge on any atom is 0.339 e. The second-order valence-corrected chi connectivity index (χ2v) is 6.85. The molecule has 4 rings (SSSR count). The van der Waals surface area contributed by atoms with Gasteiger partial charge in [0.05, 0.1) is 18.3 Å². The number of nitrogens with zero attached hydrogens (tertiary/aromatic N) is 1. The fraction of sp³-hybridized carbons (Fsp3) is 0.120. The Morgan fingerprint density at radius 2 is 1.61 bits per heavy atom. The van der Waals surface area contributed by atoms with E-state index in [0.717, 1.165) is 16.6 Å². The maximum atomic E-state index is 11.4. The third kappa shape index (κ3) is 4.75. The van der Waals surface area contributed by atoms with Gasteiger partial charge >= 0.3 is 5.97 Å². The summed E-state index contributed by atoms with van der Waals surface area (Å²) in [4.78, 5) is 16.0. The molecule has 0 bridgehead atoms. The van der Waals surface area contributed by atoms with Crippen molar-refractivity contribution in [2.24, 2.45) is 0 Å². The van der Waals surface area contributed by atoms with Gasteiger partial charge in [-0.25, -0.2) is 9.78 Å². The molecule has 3 aromatic carbocycles. The number of fused-ring (bicyclic) bond motifs is 1. The summed E-state index contributed by atoms with van der Waals surface area (Å²) in [6.07, 6.45) is 0. The molecule has 31 heavy (non-hydrogen) atoms. The van der Waals surface area contributed by atoms with Crippen molar-refractivity contribution in [3.63, 3.8) is 0 Å². The van der Waals surface area contributed by atoms with Gasteiger partial charge in [-0.2, -0.15) is 0 Å². The van der Waals surface area contributed by atoms with Crippen LogP contribution in [-0.2, 0) is 13.2 Å². The highest BCUT2D eigenvalue weighted by Gasteiger charge is 2.15. The lowest BCUT2D eigenvalue weighted by Crippen LogP contribution is -2.05. The average molecular weight is 415 g/mol. The molecule has 0 aliphatic carbocycles. The Balaban J connectivity index is 1.43. The number of carboxylic acid groups (broad SMARTS) is 1. The number of ether oxygens (including phenoxy) is 3. The summed E-state index contributed by atoms with van der Waals surface area (Å²) in [6, 6.07) is 24.1. The van der Waals surface area contributed by atoms with Gasteiger partial charge in [-0.15, -0.1) is 0 Å². The highest BCUT2D eigenvalue weighted by molar-refractivity contribution is 5.91. The maximum absolute atomic E-state index is 11.4. The smallest absolute Gasteiger partial charge is 0.339 e. The standard InChI is InChI=1S/C25H21NO5/c1-29-24-18(7-4-10-22(24)25(27)28)15-30-20-8-5-9-21(14-20)31-16-19-13-12-17-6-2-3-11-23(17)26-19/h2-14H,15-16H2,1H3,(H,27,28). The van der Waals surface area contributed by atoms with E-state index >= 15 is 0 Å². The highest BCUT2D eigenvalue weighted by Crippen LogP contribution is 2.27. The Hall–Kier alpha value is -4.06. The number of methoxy groups -OCH3 is 1. The van der Waals surface area contributed by atoms with Crippen molar-refractivity contribution in [1.82, 2.24) is 4.98 Å².